The van der Waals surface area contributed by atoms with E-state index < -0.39 is 6.04 Å². The molecule has 0 spiro atoms. The first kappa shape index (κ1) is 25.8. The molecule has 0 radical (unpaired) electrons. The smallest absolute Gasteiger partial charge is 0.331 e. The number of guanidine groups is 1. The van der Waals surface area contributed by atoms with Gasteiger partial charge in [0.15, 0.2) is 6.19 Å². The highest BCUT2D eigenvalue weighted by atomic mass is 32.1. The number of nitrogens with one attached hydrogen (secondary N) is 3. The molecule has 1 saturated heterocycles. The number of quaternary nitrogens is 1. The second-order valence-electron chi connectivity index (χ2n) is 9.00. The molecule has 0 unspecified atom stereocenters. The fourth-order valence-electron chi connectivity index (χ4n) is 4.66. The number of hydrogen-bond acceptors (Lipinski definition) is 7. The van der Waals surface area contributed by atoms with Gasteiger partial charge < -0.3 is 15.5 Å². The molecule has 1 aliphatic heterocycles. The molecule has 10 nitrogen and oxygen atoms in total. The predicted octanol–water partition coefficient (Wildman–Crippen LogP) is 3.45. The number of anilines is 2. The van der Waals surface area contributed by atoms with E-state index in [9.17, 15) is 14.9 Å². The van der Waals surface area contributed by atoms with E-state index in [0.29, 0.717) is 35.8 Å². The van der Waals surface area contributed by atoms with Gasteiger partial charge in [-0.25, -0.2) is 9.79 Å². The first-order chi connectivity index (χ1) is 19.0. The van der Waals surface area contributed by atoms with E-state index in [1.807, 2.05) is 48.0 Å². The van der Waals surface area contributed by atoms with Crippen molar-refractivity contribution in [1.82, 2.24) is 15.2 Å². The minimum absolute atomic E-state index is 0.210. The molecule has 3 heterocycles. The molecule has 5 rings (SSSR count). The summed E-state index contributed by atoms with van der Waals surface area (Å²) < 4.78 is 0. The van der Waals surface area contributed by atoms with Crippen LogP contribution in [0.2, 0.25) is 0 Å². The van der Waals surface area contributed by atoms with E-state index in [4.69, 9.17) is 0 Å². The van der Waals surface area contributed by atoms with Crippen molar-refractivity contribution in [3.63, 3.8) is 0 Å². The fraction of sp³-hybridized carbons (Fsp3) is 0.179. The maximum Gasteiger partial charge on any atom is 0.331 e. The maximum atomic E-state index is 13.2. The topological polar surface area (TPSA) is 150 Å². The number of rotatable bonds is 7. The maximum absolute atomic E-state index is 13.2. The number of nitriles is 1. The lowest BCUT2D eigenvalue weighted by Gasteiger charge is -2.23. The van der Waals surface area contributed by atoms with Crippen molar-refractivity contribution in [1.29, 1.82) is 5.26 Å². The Labute approximate surface area is 229 Å². The molecule has 1 fully saturated rings. The summed E-state index contributed by atoms with van der Waals surface area (Å²) in [5, 5.41) is 21.1. The van der Waals surface area contributed by atoms with Crippen molar-refractivity contribution in [2.75, 3.05) is 17.2 Å². The molecule has 1 aliphatic rings. The highest BCUT2D eigenvalue weighted by Gasteiger charge is 2.33. The van der Waals surface area contributed by atoms with Crippen LogP contribution in [0, 0.1) is 11.5 Å². The second-order valence-corrected chi connectivity index (χ2v) is 9.91. The van der Waals surface area contributed by atoms with Crippen LogP contribution < -0.4 is 21.7 Å². The Morgan fingerprint density at radius 2 is 2.05 bits per heavy atom. The van der Waals surface area contributed by atoms with Crippen molar-refractivity contribution in [3.8, 4) is 6.19 Å². The van der Waals surface area contributed by atoms with Gasteiger partial charge in [-0.05, 0) is 60.2 Å². The normalized spacial score (nSPS) is 15.1. The Morgan fingerprint density at radius 3 is 2.90 bits per heavy atom. The molecule has 0 aliphatic carbocycles. The van der Waals surface area contributed by atoms with Crippen LogP contribution in [0.4, 0.5) is 17.1 Å². The van der Waals surface area contributed by atoms with Gasteiger partial charge in [-0.3, -0.25) is 20.8 Å². The van der Waals surface area contributed by atoms with Gasteiger partial charge in [0, 0.05) is 30.4 Å². The summed E-state index contributed by atoms with van der Waals surface area (Å²) in [6, 6.07) is 18.4. The largest absolute Gasteiger partial charge is 0.380 e. The summed E-state index contributed by atoms with van der Waals surface area (Å²) in [4.78, 5) is 36.4. The third kappa shape index (κ3) is 5.87. The lowest BCUT2D eigenvalue weighted by molar-refractivity contribution is -0.310. The Balaban J connectivity index is 1.30. The molecule has 4 aromatic rings. The van der Waals surface area contributed by atoms with Crippen LogP contribution in [0.1, 0.15) is 28.1 Å². The number of thiophene rings is 1. The Hall–Kier alpha value is -4.79. The standard InChI is InChI=1S/C28H26N8O2S/c29-17-33-28(36-13-4-9-24(36)26(30)37)35-20-6-3-5-19(15-20)34-27(38)25-23(11-14-39-25)32-16-18-10-12-31-22-8-2-1-7-21(18)22/h1-3,5-8,10-12,14-15,24,32H,4,9,13,16H2,(H2,30,37)(H,33,35)(H,34,38)/p+1/t24-/m1/s1. The lowest BCUT2D eigenvalue weighted by atomic mass is 10.1. The zero-order chi connectivity index (χ0) is 27.2. The second kappa shape index (κ2) is 11.7. The molecule has 39 heavy (non-hydrogen) atoms. The van der Waals surface area contributed by atoms with Gasteiger partial charge in [0.05, 0.1) is 16.9 Å². The van der Waals surface area contributed by atoms with Crippen LogP contribution in [0.5, 0.6) is 0 Å². The number of hydrogen-bond donors (Lipinski definition) is 4. The monoisotopic (exact) mass is 539 g/mol. The lowest BCUT2D eigenvalue weighted by Crippen LogP contribution is -2.66. The average Bonchev–Trinajstić information content (AvgIpc) is 3.62. The summed E-state index contributed by atoms with van der Waals surface area (Å²) in [5.41, 5.74) is 7.39. The quantitative estimate of drug-likeness (QED) is 0.122. The molecule has 196 valence electrons. The van der Waals surface area contributed by atoms with Crippen molar-refractivity contribution in [2.45, 2.75) is 25.4 Å². The van der Waals surface area contributed by atoms with Gasteiger partial charge >= 0.3 is 5.91 Å². The fourth-order valence-corrected chi connectivity index (χ4v) is 5.42. The van der Waals surface area contributed by atoms with Crippen LogP contribution in [0.15, 0.2) is 77.2 Å². The van der Waals surface area contributed by atoms with Gasteiger partial charge in [-0.1, -0.05) is 24.3 Å². The van der Waals surface area contributed by atoms with E-state index in [-0.39, 0.29) is 17.8 Å². The molecule has 2 amide bonds. The van der Waals surface area contributed by atoms with E-state index >= 15 is 0 Å². The summed E-state index contributed by atoms with van der Waals surface area (Å²) in [6.07, 6.45) is 5.16. The van der Waals surface area contributed by atoms with Gasteiger partial charge in [0.1, 0.15) is 10.9 Å². The minimum Gasteiger partial charge on any atom is -0.380 e. The molecule has 0 bridgehead atoms. The number of fused-ring (bicyclic) bond motifs is 1. The first-order valence-corrected chi connectivity index (χ1v) is 13.3. The van der Waals surface area contributed by atoms with Crippen molar-refractivity contribution in [3.05, 3.63) is 82.7 Å². The Morgan fingerprint density at radius 1 is 1.18 bits per heavy atom. The number of para-hydroxylation sites is 1. The third-order valence-electron chi connectivity index (χ3n) is 6.48. The van der Waals surface area contributed by atoms with Crippen molar-refractivity contribution < 1.29 is 15.3 Å². The van der Waals surface area contributed by atoms with E-state index in [1.165, 1.54) is 11.3 Å². The summed E-state index contributed by atoms with van der Waals surface area (Å²) >= 11 is 1.35. The van der Waals surface area contributed by atoms with Crippen molar-refractivity contribution in [2.24, 2.45) is 4.99 Å². The first-order valence-electron chi connectivity index (χ1n) is 12.4. The highest BCUT2D eigenvalue weighted by molar-refractivity contribution is 7.12. The molecule has 11 heteroatoms. The van der Waals surface area contributed by atoms with Gasteiger partial charge in [0.25, 0.3) is 5.91 Å². The minimum atomic E-state index is -0.414. The van der Waals surface area contributed by atoms with Crippen molar-refractivity contribution >= 4 is 57.1 Å². The molecular formula is C28H27N8O2S+. The summed E-state index contributed by atoms with van der Waals surface area (Å²) in [7, 11) is 0. The van der Waals surface area contributed by atoms with Gasteiger partial charge in [0.2, 0.25) is 5.96 Å². The SMILES string of the molecule is N#CNC(=Nc1cccc(NC(=O)c2sccc2NCc2ccnc3ccccc23)c1)N1CCC[C@@H]1C([NH3+])=O. The van der Waals surface area contributed by atoms with Crippen LogP contribution in [0.25, 0.3) is 10.9 Å². The molecule has 2 aromatic heterocycles. The molecular weight excluding hydrogens is 512 g/mol. The number of aromatic nitrogens is 1. The number of pyridine rings is 1. The number of carbonyl (C=O) groups excluding carboxylic acids is 2. The highest BCUT2D eigenvalue weighted by Crippen LogP contribution is 2.27. The molecule has 1 atom stereocenters. The zero-order valence-electron chi connectivity index (χ0n) is 21.1. The predicted molar refractivity (Wildman–Crippen MR) is 151 cm³/mol. The van der Waals surface area contributed by atoms with E-state index in [2.05, 4.69) is 31.7 Å². The summed E-state index contributed by atoms with van der Waals surface area (Å²) in [6.45, 7) is 1.14. The number of carbonyl (C=O) groups is 2. The zero-order valence-corrected chi connectivity index (χ0v) is 21.9. The third-order valence-corrected chi connectivity index (χ3v) is 7.40. The number of likely N-dealkylation sites (tertiary alicyclic amines) is 1. The summed E-state index contributed by atoms with van der Waals surface area (Å²) in [5.74, 6) is -0.168. The molecule has 0 saturated carbocycles. The Bertz CT molecular complexity index is 1590. The Kier molecular flexibility index (Phi) is 7.77. The number of benzene rings is 2. The van der Waals surface area contributed by atoms with Gasteiger partial charge in [-0.15, -0.1) is 11.3 Å². The number of nitrogens with zero attached hydrogens (tertiary/aromatic N) is 4. The van der Waals surface area contributed by atoms with Crippen LogP contribution in [-0.4, -0.2) is 40.2 Å². The van der Waals surface area contributed by atoms with E-state index in [0.717, 1.165) is 28.6 Å². The van der Waals surface area contributed by atoms with Gasteiger partial charge in [-0.2, -0.15) is 5.26 Å². The van der Waals surface area contributed by atoms with E-state index in [1.54, 1.807) is 35.4 Å². The van der Waals surface area contributed by atoms with Crippen LogP contribution in [-0.2, 0) is 11.3 Å². The number of aliphatic imine (C=N–C) groups is 1. The van der Waals surface area contributed by atoms with Crippen LogP contribution >= 0.6 is 11.3 Å². The molecule has 6 N–H and O–H groups in total. The van der Waals surface area contributed by atoms with Crippen LogP contribution in [0.3, 0.4) is 0 Å². The number of amides is 2. The molecule has 2 aromatic carbocycles. The average molecular weight is 540 g/mol.